The lowest BCUT2D eigenvalue weighted by molar-refractivity contribution is 0.0930. The molecule has 2 aromatic carbocycles. The number of benzene rings is 2. The van der Waals surface area contributed by atoms with Crippen molar-refractivity contribution in [3.63, 3.8) is 0 Å². The van der Waals surface area contributed by atoms with Gasteiger partial charge in [0.1, 0.15) is 22.8 Å². The maximum Gasteiger partial charge on any atom is 0.415 e. The van der Waals surface area contributed by atoms with Gasteiger partial charge in [-0.2, -0.15) is 0 Å². The number of rotatable bonds is 5. The van der Waals surface area contributed by atoms with Crippen LogP contribution in [0.4, 0.5) is 4.79 Å². The molecule has 1 aliphatic rings. The molecule has 0 atom stereocenters. The van der Waals surface area contributed by atoms with Crippen LogP contribution in [-0.2, 0) is 0 Å². The second-order valence-corrected chi connectivity index (χ2v) is 8.17. The first-order valence-corrected chi connectivity index (χ1v) is 10.9. The molecular weight excluding hydrogens is 430 g/mol. The number of nitrogens with one attached hydrogen (secondary N) is 1. The molecule has 7 nitrogen and oxygen atoms in total. The summed E-state index contributed by atoms with van der Waals surface area (Å²) in [6.45, 7) is 3.39. The predicted molar refractivity (Wildman–Crippen MR) is 121 cm³/mol. The SMILES string of the molecule is Cc1onc(-c2ccccc2Cl)c1C(=O)NCC1CCN(C(=O)Oc2ccccc2)CC1. The van der Waals surface area contributed by atoms with Crippen LogP contribution in [0.15, 0.2) is 59.1 Å². The fraction of sp³-hybridized carbons (Fsp3) is 0.292. The fourth-order valence-corrected chi connectivity index (χ4v) is 4.00. The number of halogens is 1. The standard InChI is InChI=1S/C24H24ClN3O4/c1-16-21(22(27-32-16)19-9-5-6-10-20(19)25)23(29)26-15-17-11-13-28(14-12-17)24(30)31-18-7-3-2-4-8-18/h2-10,17H,11-15H2,1H3,(H,26,29). The van der Waals surface area contributed by atoms with Crippen LogP contribution in [0.1, 0.15) is 29.0 Å². The number of aromatic nitrogens is 1. The van der Waals surface area contributed by atoms with Gasteiger partial charge in [-0.3, -0.25) is 4.79 Å². The van der Waals surface area contributed by atoms with Gasteiger partial charge in [0.05, 0.1) is 5.02 Å². The van der Waals surface area contributed by atoms with E-state index in [-0.39, 0.29) is 17.9 Å². The Morgan fingerprint density at radius 1 is 1.12 bits per heavy atom. The number of amides is 2. The zero-order chi connectivity index (χ0) is 22.5. The van der Waals surface area contributed by atoms with Crippen LogP contribution in [0.2, 0.25) is 5.02 Å². The number of carbonyl (C=O) groups is 2. The Kier molecular flexibility index (Phi) is 6.75. The van der Waals surface area contributed by atoms with Crippen molar-refractivity contribution in [1.82, 2.24) is 15.4 Å². The van der Waals surface area contributed by atoms with Crippen molar-refractivity contribution in [3.8, 4) is 17.0 Å². The molecule has 0 bridgehead atoms. The highest BCUT2D eigenvalue weighted by molar-refractivity contribution is 6.33. The number of carbonyl (C=O) groups excluding carboxylic acids is 2. The van der Waals surface area contributed by atoms with Crippen LogP contribution >= 0.6 is 11.6 Å². The molecule has 0 spiro atoms. The number of piperidine rings is 1. The Labute approximate surface area is 191 Å². The Morgan fingerprint density at radius 3 is 2.53 bits per heavy atom. The number of para-hydroxylation sites is 1. The molecule has 166 valence electrons. The fourth-order valence-electron chi connectivity index (χ4n) is 3.78. The normalized spacial score (nSPS) is 14.2. The quantitative estimate of drug-likeness (QED) is 0.591. The minimum Gasteiger partial charge on any atom is -0.410 e. The highest BCUT2D eigenvalue weighted by atomic mass is 35.5. The Morgan fingerprint density at radius 2 is 1.81 bits per heavy atom. The van der Waals surface area contributed by atoms with Crippen LogP contribution in [0.3, 0.4) is 0 Å². The van der Waals surface area contributed by atoms with E-state index in [0.29, 0.717) is 53.0 Å². The van der Waals surface area contributed by atoms with Crippen molar-refractivity contribution in [3.05, 3.63) is 70.9 Å². The van der Waals surface area contributed by atoms with Gasteiger partial charge in [0, 0.05) is 25.2 Å². The van der Waals surface area contributed by atoms with Crippen LogP contribution < -0.4 is 10.1 Å². The maximum atomic E-state index is 12.9. The molecule has 1 aromatic heterocycles. The highest BCUT2D eigenvalue weighted by Crippen LogP contribution is 2.31. The number of hydrogen-bond donors (Lipinski definition) is 1. The van der Waals surface area contributed by atoms with E-state index in [1.54, 1.807) is 36.1 Å². The summed E-state index contributed by atoms with van der Waals surface area (Å²) in [4.78, 5) is 26.9. The first kappa shape index (κ1) is 21.9. The average molecular weight is 454 g/mol. The van der Waals surface area contributed by atoms with Gasteiger partial charge in [0.15, 0.2) is 0 Å². The molecule has 0 saturated carbocycles. The molecule has 1 saturated heterocycles. The number of nitrogens with zero attached hydrogens (tertiary/aromatic N) is 2. The van der Waals surface area contributed by atoms with Crippen molar-refractivity contribution in [2.45, 2.75) is 19.8 Å². The molecule has 2 heterocycles. The van der Waals surface area contributed by atoms with Crippen molar-refractivity contribution in [2.24, 2.45) is 5.92 Å². The maximum absolute atomic E-state index is 12.9. The van der Waals surface area contributed by atoms with Gasteiger partial charge in [-0.05, 0) is 43.9 Å². The van der Waals surface area contributed by atoms with E-state index in [4.69, 9.17) is 20.9 Å². The molecule has 1 N–H and O–H groups in total. The molecule has 1 fully saturated rings. The molecule has 0 radical (unpaired) electrons. The predicted octanol–water partition coefficient (Wildman–Crippen LogP) is 4.94. The lowest BCUT2D eigenvalue weighted by Gasteiger charge is -2.31. The Hall–Kier alpha value is -3.32. The smallest absolute Gasteiger partial charge is 0.410 e. The van der Waals surface area contributed by atoms with E-state index in [2.05, 4.69) is 10.5 Å². The number of likely N-dealkylation sites (tertiary alicyclic amines) is 1. The molecule has 32 heavy (non-hydrogen) atoms. The summed E-state index contributed by atoms with van der Waals surface area (Å²) in [6.07, 6.45) is 1.22. The zero-order valence-corrected chi connectivity index (χ0v) is 18.5. The monoisotopic (exact) mass is 453 g/mol. The van der Waals surface area contributed by atoms with Crippen molar-refractivity contribution < 1.29 is 18.8 Å². The van der Waals surface area contributed by atoms with Crippen molar-refractivity contribution >= 4 is 23.6 Å². The summed E-state index contributed by atoms with van der Waals surface area (Å²) in [5, 5.41) is 7.54. The lowest BCUT2D eigenvalue weighted by Crippen LogP contribution is -2.42. The molecule has 0 unspecified atom stereocenters. The van der Waals surface area contributed by atoms with E-state index < -0.39 is 0 Å². The summed E-state index contributed by atoms with van der Waals surface area (Å²) >= 11 is 6.28. The van der Waals surface area contributed by atoms with Gasteiger partial charge in [0.2, 0.25) is 0 Å². The summed E-state index contributed by atoms with van der Waals surface area (Å²) in [7, 11) is 0. The second kappa shape index (κ2) is 9.87. The number of aryl methyl sites for hydroxylation is 1. The van der Waals surface area contributed by atoms with Crippen LogP contribution in [0.25, 0.3) is 11.3 Å². The average Bonchev–Trinajstić information content (AvgIpc) is 3.20. The third-order valence-electron chi connectivity index (χ3n) is 5.59. The third-order valence-corrected chi connectivity index (χ3v) is 5.92. The first-order chi connectivity index (χ1) is 15.5. The Balaban J connectivity index is 1.31. The van der Waals surface area contributed by atoms with Gasteiger partial charge < -0.3 is 19.5 Å². The van der Waals surface area contributed by atoms with Gasteiger partial charge in [0.25, 0.3) is 5.91 Å². The first-order valence-electron chi connectivity index (χ1n) is 10.5. The molecule has 1 aliphatic heterocycles. The highest BCUT2D eigenvalue weighted by Gasteiger charge is 2.27. The summed E-state index contributed by atoms with van der Waals surface area (Å²) in [5.41, 5.74) is 1.48. The van der Waals surface area contributed by atoms with E-state index in [1.165, 1.54) is 0 Å². The largest absolute Gasteiger partial charge is 0.415 e. The molecule has 2 amide bonds. The van der Waals surface area contributed by atoms with Crippen LogP contribution in [0.5, 0.6) is 5.75 Å². The third kappa shape index (κ3) is 4.94. The van der Waals surface area contributed by atoms with Gasteiger partial charge in [-0.15, -0.1) is 0 Å². The molecule has 4 rings (SSSR count). The van der Waals surface area contributed by atoms with E-state index in [1.807, 2.05) is 30.3 Å². The summed E-state index contributed by atoms with van der Waals surface area (Å²) in [5.74, 6) is 0.995. The van der Waals surface area contributed by atoms with E-state index in [0.717, 1.165) is 12.8 Å². The summed E-state index contributed by atoms with van der Waals surface area (Å²) in [6, 6.07) is 16.2. The van der Waals surface area contributed by atoms with E-state index in [9.17, 15) is 9.59 Å². The van der Waals surface area contributed by atoms with Crippen molar-refractivity contribution in [1.29, 1.82) is 0 Å². The van der Waals surface area contributed by atoms with Gasteiger partial charge in [-0.1, -0.05) is 53.2 Å². The molecule has 3 aromatic rings. The Bertz CT molecular complexity index is 1090. The molecule has 8 heteroatoms. The second-order valence-electron chi connectivity index (χ2n) is 7.76. The van der Waals surface area contributed by atoms with Crippen molar-refractivity contribution in [2.75, 3.05) is 19.6 Å². The zero-order valence-electron chi connectivity index (χ0n) is 17.7. The number of ether oxygens (including phenoxy) is 1. The summed E-state index contributed by atoms with van der Waals surface area (Å²) < 4.78 is 10.7. The van der Waals surface area contributed by atoms with Gasteiger partial charge >= 0.3 is 6.09 Å². The van der Waals surface area contributed by atoms with Crippen LogP contribution in [0, 0.1) is 12.8 Å². The van der Waals surface area contributed by atoms with Gasteiger partial charge in [-0.25, -0.2) is 4.79 Å². The lowest BCUT2D eigenvalue weighted by atomic mass is 9.97. The molecule has 0 aliphatic carbocycles. The van der Waals surface area contributed by atoms with E-state index >= 15 is 0 Å². The minimum absolute atomic E-state index is 0.246. The number of hydrogen-bond acceptors (Lipinski definition) is 5. The topological polar surface area (TPSA) is 84.7 Å². The van der Waals surface area contributed by atoms with Crippen LogP contribution in [-0.4, -0.2) is 41.7 Å². The minimum atomic E-state index is -0.344. The molecular formula is C24H24ClN3O4.